The molecule has 0 spiro atoms. The number of nitrogen functional groups attached to an aromatic ring is 1. The molecule has 3 heterocycles. The van der Waals surface area contributed by atoms with Crippen molar-refractivity contribution in [3.8, 4) is 22.9 Å². The summed E-state index contributed by atoms with van der Waals surface area (Å²) in [6.07, 6.45) is 2.07. The summed E-state index contributed by atoms with van der Waals surface area (Å²) in [4.78, 5) is 31.5. The Morgan fingerprint density at radius 3 is 2.65 bits per heavy atom. The number of rotatable bonds is 12. The maximum Gasteiger partial charge on any atom is 0.471 e. The van der Waals surface area contributed by atoms with Crippen molar-refractivity contribution < 1.29 is 31.7 Å². The predicted octanol–water partition coefficient (Wildman–Crippen LogP) is 4.23. The van der Waals surface area contributed by atoms with Gasteiger partial charge in [-0.25, -0.2) is 14.4 Å². The maximum atomic E-state index is 14.3. The van der Waals surface area contributed by atoms with Crippen molar-refractivity contribution in [2.75, 3.05) is 17.6 Å². The number of hydrogen-bond acceptors (Lipinski definition) is 8. The molecule has 1 atom stereocenters. The molecule has 3 aromatic rings. The zero-order valence-electron chi connectivity index (χ0n) is 21.7. The second-order valence-electron chi connectivity index (χ2n) is 8.59. The predicted molar refractivity (Wildman–Crippen MR) is 138 cm³/mol. The van der Waals surface area contributed by atoms with Gasteiger partial charge in [-0.05, 0) is 38.3 Å². The van der Waals surface area contributed by atoms with E-state index in [-0.39, 0.29) is 49.7 Å². The Hall–Kier alpha value is -4.56. The summed E-state index contributed by atoms with van der Waals surface area (Å²) < 4.78 is 57.3. The van der Waals surface area contributed by atoms with Gasteiger partial charge in [0.15, 0.2) is 11.6 Å². The molecule has 0 fully saturated rings. The van der Waals surface area contributed by atoms with Crippen molar-refractivity contribution in [2.45, 2.75) is 52.0 Å². The molecule has 0 aliphatic rings. The molecule has 0 aromatic carbocycles. The second kappa shape index (κ2) is 13.5. The van der Waals surface area contributed by atoms with Crippen LogP contribution in [0, 0.1) is 0 Å². The third-order valence-electron chi connectivity index (χ3n) is 5.52. The zero-order valence-corrected chi connectivity index (χ0v) is 21.7. The lowest BCUT2D eigenvalue weighted by molar-refractivity contribution is -0.173. The summed E-state index contributed by atoms with van der Waals surface area (Å²) in [6.45, 7) is 3.15. The highest BCUT2D eigenvalue weighted by atomic mass is 19.4. The highest BCUT2D eigenvalue weighted by Gasteiger charge is 2.38. The highest BCUT2D eigenvalue weighted by Crippen LogP contribution is 2.27. The number of aromatic nitrogens is 5. The molecule has 11 nitrogen and oxygen atoms in total. The van der Waals surface area contributed by atoms with E-state index in [9.17, 15) is 27.2 Å². The number of hydrogen-bond donors (Lipinski definition) is 3. The minimum absolute atomic E-state index is 0.0232. The normalized spacial score (nSPS) is 13.0. The summed E-state index contributed by atoms with van der Waals surface area (Å²) in [7, 11) is 0. The largest absolute Gasteiger partial charge is 0.471 e. The van der Waals surface area contributed by atoms with Crippen LogP contribution in [-0.4, -0.2) is 55.6 Å². The summed E-state index contributed by atoms with van der Waals surface area (Å²) in [5.41, 5.74) is 7.94. The Morgan fingerprint density at radius 1 is 1.25 bits per heavy atom. The SMILES string of the molecule is C/C=C\C=C(\Cn1nc(-c2ncc(NC(=O)CCCCNC(=O)C(F)(F)F)c(N)n2)cc1-c1ccon1)C(C)F. The lowest BCUT2D eigenvalue weighted by Gasteiger charge is -2.10. The van der Waals surface area contributed by atoms with Crippen LogP contribution < -0.4 is 16.4 Å². The van der Waals surface area contributed by atoms with Crippen LogP contribution in [-0.2, 0) is 16.1 Å². The monoisotopic (exact) mass is 564 g/mol. The van der Waals surface area contributed by atoms with E-state index >= 15 is 0 Å². The molecule has 1 unspecified atom stereocenters. The Bertz CT molecular complexity index is 1360. The van der Waals surface area contributed by atoms with E-state index in [2.05, 4.69) is 25.5 Å². The minimum atomic E-state index is -4.95. The van der Waals surface area contributed by atoms with E-state index in [1.165, 1.54) is 19.4 Å². The van der Waals surface area contributed by atoms with Crippen molar-refractivity contribution in [2.24, 2.45) is 0 Å². The molecule has 3 rings (SSSR count). The van der Waals surface area contributed by atoms with Crippen LogP contribution in [0.2, 0.25) is 0 Å². The lowest BCUT2D eigenvalue weighted by Crippen LogP contribution is -2.37. The molecule has 0 aliphatic heterocycles. The zero-order chi connectivity index (χ0) is 29.3. The van der Waals surface area contributed by atoms with Crippen LogP contribution in [0.5, 0.6) is 0 Å². The molecule has 0 radical (unpaired) electrons. The first kappa shape index (κ1) is 30.0. The van der Waals surface area contributed by atoms with Gasteiger partial charge in [0.1, 0.15) is 29.5 Å². The molecule has 0 saturated carbocycles. The number of anilines is 2. The van der Waals surface area contributed by atoms with Gasteiger partial charge >= 0.3 is 12.1 Å². The quantitative estimate of drug-likeness (QED) is 0.168. The number of nitrogens with two attached hydrogens (primary N) is 1. The Labute approximate surface area is 226 Å². The third-order valence-corrected chi connectivity index (χ3v) is 5.52. The number of alkyl halides is 4. The molecule has 0 saturated heterocycles. The van der Waals surface area contributed by atoms with Crippen LogP contribution in [0.25, 0.3) is 22.9 Å². The van der Waals surface area contributed by atoms with Crippen LogP contribution in [0.4, 0.5) is 29.1 Å². The van der Waals surface area contributed by atoms with Crippen molar-refractivity contribution in [3.05, 3.63) is 48.4 Å². The Kier molecular flexibility index (Phi) is 10.1. The average Bonchev–Trinajstić information content (AvgIpc) is 3.57. The first-order chi connectivity index (χ1) is 19.0. The van der Waals surface area contributed by atoms with E-state index in [0.29, 0.717) is 22.7 Å². The number of nitrogens with one attached hydrogen (secondary N) is 2. The number of carbonyl (C=O) groups is 2. The molecule has 2 amide bonds. The number of allylic oxidation sites excluding steroid dienone is 4. The van der Waals surface area contributed by atoms with Crippen LogP contribution >= 0.6 is 0 Å². The number of halogens is 4. The summed E-state index contributed by atoms with van der Waals surface area (Å²) in [5, 5.41) is 12.7. The smallest absolute Gasteiger partial charge is 0.382 e. The van der Waals surface area contributed by atoms with Crippen molar-refractivity contribution in [1.29, 1.82) is 0 Å². The maximum absolute atomic E-state index is 14.3. The summed E-state index contributed by atoms with van der Waals surface area (Å²) in [5.74, 6) is -2.38. The minimum Gasteiger partial charge on any atom is -0.382 e. The highest BCUT2D eigenvalue weighted by molar-refractivity contribution is 5.93. The second-order valence-corrected chi connectivity index (χ2v) is 8.59. The Balaban J connectivity index is 1.69. The van der Waals surface area contributed by atoms with Gasteiger partial charge in [-0.1, -0.05) is 23.4 Å². The van der Waals surface area contributed by atoms with E-state index in [1.807, 2.05) is 6.92 Å². The van der Waals surface area contributed by atoms with Crippen LogP contribution in [0.15, 0.2) is 52.9 Å². The molecular weight excluding hydrogens is 536 g/mol. The Morgan fingerprint density at radius 2 is 2.02 bits per heavy atom. The molecule has 4 N–H and O–H groups in total. The fourth-order valence-corrected chi connectivity index (χ4v) is 3.44. The number of nitrogens with zero attached hydrogens (tertiary/aromatic N) is 5. The van der Waals surface area contributed by atoms with Gasteiger partial charge in [0, 0.05) is 19.0 Å². The summed E-state index contributed by atoms with van der Waals surface area (Å²) >= 11 is 0. The van der Waals surface area contributed by atoms with E-state index in [1.54, 1.807) is 40.4 Å². The number of amides is 2. The molecule has 214 valence electrons. The standard InChI is InChI=1S/C25H28F4N8O3/c1-3-4-7-16(15(2)26)14-37-20(17-9-11-40-36-17)12-18(35-37)23-32-13-19(22(30)34-23)33-21(38)8-5-6-10-31-24(39)25(27,28)29/h3-4,7,9,11-13,15H,5-6,8,10,14H2,1-2H3,(H,31,39)(H,33,38)(H2,30,32,34)/b4-3-,16-7-. The van der Waals surface area contributed by atoms with Gasteiger partial charge < -0.3 is 20.9 Å². The van der Waals surface area contributed by atoms with Gasteiger partial charge in [-0.2, -0.15) is 18.3 Å². The summed E-state index contributed by atoms with van der Waals surface area (Å²) in [6, 6.07) is 3.28. The number of unbranched alkanes of at least 4 members (excludes halogenated alkanes) is 1. The van der Waals surface area contributed by atoms with E-state index < -0.39 is 24.2 Å². The molecule has 3 aromatic heterocycles. The van der Waals surface area contributed by atoms with E-state index in [4.69, 9.17) is 10.3 Å². The molecular formula is C25H28F4N8O3. The topological polar surface area (TPSA) is 154 Å². The molecule has 40 heavy (non-hydrogen) atoms. The third kappa shape index (κ3) is 8.22. The van der Waals surface area contributed by atoms with Crippen molar-refractivity contribution in [3.63, 3.8) is 0 Å². The fraction of sp³-hybridized carbons (Fsp3) is 0.360. The molecule has 0 aliphatic carbocycles. The van der Waals surface area contributed by atoms with Gasteiger partial charge in [0.2, 0.25) is 5.91 Å². The average molecular weight is 565 g/mol. The fourth-order valence-electron chi connectivity index (χ4n) is 3.44. The first-order valence-electron chi connectivity index (χ1n) is 12.2. The molecule has 0 bridgehead atoms. The van der Waals surface area contributed by atoms with Crippen molar-refractivity contribution >= 4 is 23.3 Å². The van der Waals surface area contributed by atoms with Crippen LogP contribution in [0.3, 0.4) is 0 Å². The van der Waals surface area contributed by atoms with Gasteiger partial charge in [-0.15, -0.1) is 0 Å². The van der Waals surface area contributed by atoms with Gasteiger partial charge in [0.05, 0.1) is 18.4 Å². The van der Waals surface area contributed by atoms with Crippen LogP contribution in [0.1, 0.15) is 33.1 Å². The molecule has 15 heteroatoms. The number of carbonyl (C=O) groups excluding carboxylic acids is 2. The lowest BCUT2D eigenvalue weighted by atomic mass is 10.1. The van der Waals surface area contributed by atoms with Gasteiger partial charge in [0.25, 0.3) is 0 Å². The van der Waals surface area contributed by atoms with Gasteiger partial charge in [-0.3, -0.25) is 14.3 Å². The van der Waals surface area contributed by atoms with E-state index in [0.717, 1.165) is 0 Å². The van der Waals surface area contributed by atoms with Crippen molar-refractivity contribution in [1.82, 2.24) is 30.2 Å². The first-order valence-corrected chi connectivity index (χ1v) is 12.2.